The molecule has 20 heavy (non-hydrogen) atoms. The molecule has 1 aliphatic heterocycles. The summed E-state index contributed by atoms with van der Waals surface area (Å²) in [6.45, 7) is 0.425. The maximum Gasteiger partial charge on any atom is 0.414 e. The lowest BCUT2D eigenvalue weighted by Crippen LogP contribution is -2.35. The third-order valence-electron chi connectivity index (χ3n) is 2.84. The number of nitrogens with one attached hydrogen (secondary N) is 1. The topological polar surface area (TPSA) is 84.7 Å². The Kier molecular flexibility index (Phi) is 4.33. The van der Waals surface area contributed by atoms with Crippen LogP contribution >= 0.6 is 12.6 Å². The molecule has 2 amide bonds. The number of nitrogens with two attached hydrogens (primary N) is 1. The number of thiol groups is 1. The largest absolute Gasteiger partial charge is 0.442 e. The molecule has 1 fully saturated rings. The van der Waals surface area contributed by atoms with E-state index >= 15 is 0 Å². The summed E-state index contributed by atoms with van der Waals surface area (Å²) >= 11 is 3.82. The molecule has 0 unspecified atom stereocenters. The molecule has 1 heterocycles. The second-order valence-electron chi connectivity index (χ2n) is 4.28. The van der Waals surface area contributed by atoms with Gasteiger partial charge in [0.15, 0.2) is 0 Å². The lowest BCUT2D eigenvalue weighted by Gasteiger charge is -2.13. The van der Waals surface area contributed by atoms with Gasteiger partial charge in [-0.05, 0) is 18.2 Å². The highest BCUT2D eigenvalue weighted by Gasteiger charge is 2.32. The van der Waals surface area contributed by atoms with Crippen molar-refractivity contribution in [1.29, 1.82) is 0 Å². The average Bonchev–Trinajstić information content (AvgIpc) is 2.80. The van der Waals surface area contributed by atoms with Crippen molar-refractivity contribution in [2.75, 3.05) is 29.5 Å². The van der Waals surface area contributed by atoms with Crippen molar-refractivity contribution < 1.29 is 18.7 Å². The Labute approximate surface area is 120 Å². The van der Waals surface area contributed by atoms with E-state index in [0.29, 0.717) is 5.69 Å². The number of carbonyl (C=O) groups is 2. The third kappa shape index (κ3) is 3.13. The summed E-state index contributed by atoms with van der Waals surface area (Å²) < 4.78 is 18.5. The molecular formula is C12H14FN3O3S. The maximum atomic E-state index is 13.4. The van der Waals surface area contributed by atoms with Gasteiger partial charge in [0.1, 0.15) is 11.9 Å². The average molecular weight is 299 g/mol. The van der Waals surface area contributed by atoms with E-state index < -0.39 is 18.0 Å². The molecule has 6 nitrogen and oxygen atoms in total. The van der Waals surface area contributed by atoms with Gasteiger partial charge in [-0.15, -0.1) is 0 Å². The number of amides is 2. The Morgan fingerprint density at radius 2 is 2.35 bits per heavy atom. The van der Waals surface area contributed by atoms with E-state index in [1.807, 2.05) is 0 Å². The summed E-state index contributed by atoms with van der Waals surface area (Å²) in [5.41, 5.74) is 5.76. The second kappa shape index (κ2) is 6.00. The van der Waals surface area contributed by atoms with E-state index in [1.54, 1.807) is 0 Å². The maximum absolute atomic E-state index is 13.4. The molecule has 8 heteroatoms. The minimum atomic E-state index is -0.595. The lowest BCUT2D eigenvalue weighted by molar-refractivity contribution is -0.118. The van der Waals surface area contributed by atoms with Gasteiger partial charge in [0.05, 0.1) is 30.2 Å². The Morgan fingerprint density at radius 3 is 3.00 bits per heavy atom. The quantitative estimate of drug-likeness (QED) is 0.566. The number of nitrogens with zero attached hydrogens (tertiary/aromatic N) is 1. The van der Waals surface area contributed by atoms with Crippen LogP contribution in [-0.4, -0.2) is 36.9 Å². The smallest absolute Gasteiger partial charge is 0.414 e. The molecule has 0 radical (unpaired) electrons. The van der Waals surface area contributed by atoms with Crippen molar-refractivity contribution in [2.45, 2.75) is 6.10 Å². The van der Waals surface area contributed by atoms with E-state index in [4.69, 9.17) is 10.5 Å². The van der Waals surface area contributed by atoms with Crippen molar-refractivity contribution in [3.05, 3.63) is 24.0 Å². The summed E-state index contributed by atoms with van der Waals surface area (Å²) in [6, 6.07) is 4.09. The zero-order chi connectivity index (χ0) is 14.7. The Hall–Kier alpha value is -1.96. The number of anilines is 2. The van der Waals surface area contributed by atoms with Gasteiger partial charge in [-0.2, -0.15) is 12.6 Å². The van der Waals surface area contributed by atoms with E-state index in [0.717, 1.165) is 0 Å². The van der Waals surface area contributed by atoms with Crippen molar-refractivity contribution >= 4 is 36.0 Å². The van der Waals surface area contributed by atoms with Crippen LogP contribution in [0.1, 0.15) is 0 Å². The van der Waals surface area contributed by atoms with Crippen LogP contribution in [0.15, 0.2) is 18.2 Å². The molecule has 1 saturated heterocycles. The molecule has 0 aromatic heterocycles. The van der Waals surface area contributed by atoms with E-state index in [1.165, 1.54) is 23.1 Å². The zero-order valence-corrected chi connectivity index (χ0v) is 11.4. The molecule has 0 aliphatic carbocycles. The van der Waals surface area contributed by atoms with Gasteiger partial charge in [-0.25, -0.2) is 9.18 Å². The molecule has 1 atom stereocenters. The Bertz CT molecular complexity index is 541. The molecule has 2 rings (SSSR count). The minimum absolute atomic E-state index is 0.0129. The van der Waals surface area contributed by atoms with Crippen molar-refractivity contribution in [1.82, 2.24) is 5.32 Å². The van der Waals surface area contributed by atoms with Crippen LogP contribution < -0.4 is 16.0 Å². The normalized spacial score (nSPS) is 18.0. The standard InChI is InChI=1S/C12H14FN3O3S/c13-9-3-7(1-2-10(9)14)16-5-8(19-12(16)18)4-15-11(17)6-20/h1-3,8,20H,4-6,14H2,(H,15,17)/t8-/m0/s1. The highest BCUT2D eigenvalue weighted by Crippen LogP contribution is 2.24. The lowest BCUT2D eigenvalue weighted by atomic mass is 10.2. The van der Waals surface area contributed by atoms with Crippen LogP contribution in [0.25, 0.3) is 0 Å². The van der Waals surface area contributed by atoms with Crippen LogP contribution in [0.3, 0.4) is 0 Å². The predicted octanol–water partition coefficient (Wildman–Crippen LogP) is 0.779. The minimum Gasteiger partial charge on any atom is -0.442 e. The monoisotopic (exact) mass is 299 g/mol. The fourth-order valence-corrected chi connectivity index (χ4v) is 1.92. The van der Waals surface area contributed by atoms with Gasteiger partial charge < -0.3 is 15.8 Å². The van der Waals surface area contributed by atoms with Gasteiger partial charge in [-0.1, -0.05) is 0 Å². The highest BCUT2D eigenvalue weighted by atomic mass is 32.1. The number of hydrogen-bond donors (Lipinski definition) is 3. The Balaban J connectivity index is 2.01. The number of carbonyl (C=O) groups excluding carboxylic acids is 2. The molecule has 108 valence electrons. The molecular weight excluding hydrogens is 285 g/mol. The van der Waals surface area contributed by atoms with E-state index in [-0.39, 0.29) is 30.4 Å². The van der Waals surface area contributed by atoms with Crippen LogP contribution in [0.4, 0.5) is 20.6 Å². The second-order valence-corrected chi connectivity index (χ2v) is 4.60. The summed E-state index contributed by atoms with van der Waals surface area (Å²) in [5.74, 6) is -0.781. The first kappa shape index (κ1) is 14.4. The Morgan fingerprint density at radius 1 is 1.60 bits per heavy atom. The number of hydrogen-bond acceptors (Lipinski definition) is 5. The molecule has 1 aliphatic rings. The summed E-state index contributed by atoms with van der Waals surface area (Å²) in [7, 11) is 0. The first-order chi connectivity index (χ1) is 9.51. The predicted molar refractivity (Wildman–Crippen MR) is 75.3 cm³/mol. The number of ether oxygens (including phenoxy) is 1. The summed E-state index contributed by atoms with van der Waals surface area (Å²) in [5, 5.41) is 2.57. The van der Waals surface area contributed by atoms with Crippen molar-refractivity contribution in [2.24, 2.45) is 0 Å². The molecule has 1 aromatic carbocycles. The fraction of sp³-hybridized carbons (Fsp3) is 0.333. The fourth-order valence-electron chi connectivity index (χ4n) is 1.81. The number of rotatable bonds is 4. The van der Waals surface area contributed by atoms with Crippen LogP contribution in [0.5, 0.6) is 0 Å². The molecule has 3 N–H and O–H groups in total. The molecule has 1 aromatic rings. The third-order valence-corrected chi connectivity index (χ3v) is 3.13. The van der Waals surface area contributed by atoms with Gasteiger partial charge in [-0.3, -0.25) is 9.69 Å². The van der Waals surface area contributed by atoms with Gasteiger partial charge >= 0.3 is 6.09 Å². The van der Waals surface area contributed by atoms with Crippen LogP contribution in [-0.2, 0) is 9.53 Å². The number of benzene rings is 1. The van der Waals surface area contributed by atoms with Gasteiger partial charge in [0.2, 0.25) is 5.91 Å². The first-order valence-electron chi connectivity index (χ1n) is 5.92. The highest BCUT2D eigenvalue weighted by molar-refractivity contribution is 7.81. The van der Waals surface area contributed by atoms with E-state index in [2.05, 4.69) is 17.9 Å². The number of cyclic esters (lactones) is 1. The zero-order valence-electron chi connectivity index (χ0n) is 10.5. The number of nitrogen functional groups attached to an aromatic ring is 1. The summed E-state index contributed by atoms with van der Waals surface area (Å²) in [4.78, 5) is 24.1. The van der Waals surface area contributed by atoms with Crippen LogP contribution in [0, 0.1) is 5.82 Å². The molecule has 0 bridgehead atoms. The molecule has 0 saturated carbocycles. The SMILES string of the molecule is Nc1ccc(N2C[C@H](CNC(=O)CS)OC2=O)cc1F. The van der Waals surface area contributed by atoms with Gasteiger partial charge in [0, 0.05) is 0 Å². The van der Waals surface area contributed by atoms with Crippen LogP contribution in [0.2, 0.25) is 0 Å². The summed E-state index contributed by atoms with van der Waals surface area (Å²) in [6.07, 6.45) is -1.06. The van der Waals surface area contributed by atoms with Gasteiger partial charge in [0.25, 0.3) is 0 Å². The number of halogens is 1. The van der Waals surface area contributed by atoms with Crippen molar-refractivity contribution in [3.63, 3.8) is 0 Å². The van der Waals surface area contributed by atoms with E-state index in [9.17, 15) is 14.0 Å². The molecule has 0 spiro atoms. The first-order valence-corrected chi connectivity index (χ1v) is 6.55. The van der Waals surface area contributed by atoms with Crippen molar-refractivity contribution in [3.8, 4) is 0 Å².